The first-order chi connectivity index (χ1) is 7.15. The van der Waals surface area contributed by atoms with Crippen LogP contribution in [-0.2, 0) is 0 Å². The van der Waals surface area contributed by atoms with Gasteiger partial charge in [-0.1, -0.05) is 13.8 Å². The Bertz CT molecular complexity index is 483. The van der Waals surface area contributed by atoms with Gasteiger partial charge in [-0.3, -0.25) is 0 Å². The first-order valence-electron chi connectivity index (χ1n) is 5.30. The standard InChI is InChI=1S/C12H17N3/c1-8(2)12-14-9(3)11-10(13-4)6-5-7-15(11)12/h5-8,13H,1-4H3. The zero-order chi connectivity index (χ0) is 11.0. The van der Waals surface area contributed by atoms with Crippen molar-refractivity contribution in [2.75, 3.05) is 12.4 Å². The zero-order valence-corrected chi connectivity index (χ0v) is 9.70. The second kappa shape index (κ2) is 3.57. The molecule has 0 aliphatic rings. The summed E-state index contributed by atoms with van der Waals surface area (Å²) in [6.07, 6.45) is 2.07. The average Bonchev–Trinajstić information content (AvgIpc) is 2.56. The Hall–Kier alpha value is -1.51. The van der Waals surface area contributed by atoms with Gasteiger partial charge >= 0.3 is 0 Å². The van der Waals surface area contributed by atoms with Crippen LogP contribution in [0, 0.1) is 6.92 Å². The third kappa shape index (κ3) is 1.48. The second-order valence-corrected chi connectivity index (χ2v) is 4.10. The lowest BCUT2D eigenvalue weighted by Gasteiger charge is -2.06. The number of fused-ring (bicyclic) bond motifs is 1. The van der Waals surface area contributed by atoms with Crippen LogP contribution in [0.5, 0.6) is 0 Å². The Balaban J connectivity index is 2.79. The van der Waals surface area contributed by atoms with E-state index in [9.17, 15) is 0 Å². The summed E-state index contributed by atoms with van der Waals surface area (Å²) in [5.41, 5.74) is 3.40. The summed E-state index contributed by atoms with van der Waals surface area (Å²) in [6.45, 7) is 6.39. The lowest BCUT2D eigenvalue weighted by atomic mass is 10.2. The van der Waals surface area contributed by atoms with Crippen molar-refractivity contribution in [1.29, 1.82) is 0 Å². The molecular formula is C12H17N3. The summed E-state index contributed by atoms with van der Waals surface area (Å²) in [5, 5.41) is 3.20. The molecule has 3 heteroatoms. The van der Waals surface area contributed by atoms with Gasteiger partial charge in [0.05, 0.1) is 16.9 Å². The molecule has 0 saturated carbocycles. The maximum atomic E-state index is 4.62. The molecule has 2 aromatic heterocycles. The fourth-order valence-corrected chi connectivity index (χ4v) is 1.96. The van der Waals surface area contributed by atoms with Gasteiger partial charge in [0.1, 0.15) is 5.82 Å². The summed E-state index contributed by atoms with van der Waals surface area (Å²) >= 11 is 0. The summed E-state index contributed by atoms with van der Waals surface area (Å²) in [5.74, 6) is 1.57. The molecule has 0 unspecified atom stereocenters. The normalized spacial score (nSPS) is 11.3. The molecule has 1 N–H and O–H groups in total. The van der Waals surface area contributed by atoms with Crippen molar-refractivity contribution >= 4 is 11.2 Å². The van der Waals surface area contributed by atoms with Crippen LogP contribution in [-0.4, -0.2) is 16.4 Å². The Morgan fingerprint density at radius 2 is 2.13 bits per heavy atom. The van der Waals surface area contributed by atoms with Crippen LogP contribution >= 0.6 is 0 Å². The van der Waals surface area contributed by atoms with Crippen LogP contribution in [0.1, 0.15) is 31.3 Å². The maximum Gasteiger partial charge on any atom is 0.116 e. The molecule has 0 spiro atoms. The van der Waals surface area contributed by atoms with Crippen LogP contribution in [0.25, 0.3) is 5.52 Å². The fourth-order valence-electron chi connectivity index (χ4n) is 1.96. The van der Waals surface area contributed by atoms with Gasteiger partial charge in [-0.25, -0.2) is 4.98 Å². The van der Waals surface area contributed by atoms with E-state index >= 15 is 0 Å². The minimum atomic E-state index is 0.443. The highest BCUT2D eigenvalue weighted by atomic mass is 15.0. The Morgan fingerprint density at radius 3 is 2.73 bits per heavy atom. The van der Waals surface area contributed by atoms with Crippen molar-refractivity contribution in [3.05, 3.63) is 29.8 Å². The molecule has 0 saturated heterocycles. The summed E-state index contributed by atoms with van der Waals surface area (Å²) < 4.78 is 2.17. The highest BCUT2D eigenvalue weighted by Crippen LogP contribution is 2.24. The van der Waals surface area contributed by atoms with Gasteiger partial charge in [0.15, 0.2) is 0 Å². The molecule has 3 nitrogen and oxygen atoms in total. The van der Waals surface area contributed by atoms with E-state index in [4.69, 9.17) is 0 Å². The number of aryl methyl sites for hydroxylation is 1. The van der Waals surface area contributed by atoms with Crippen LogP contribution < -0.4 is 5.32 Å². The van der Waals surface area contributed by atoms with E-state index in [0.29, 0.717) is 5.92 Å². The highest BCUT2D eigenvalue weighted by molar-refractivity contribution is 5.74. The third-order valence-corrected chi connectivity index (χ3v) is 2.65. The summed E-state index contributed by atoms with van der Waals surface area (Å²) in [7, 11) is 1.94. The third-order valence-electron chi connectivity index (χ3n) is 2.65. The molecule has 0 aromatic carbocycles. The molecule has 0 amide bonds. The van der Waals surface area contributed by atoms with Gasteiger partial charge in [0.25, 0.3) is 0 Å². The number of rotatable bonds is 2. The fraction of sp³-hybridized carbons (Fsp3) is 0.417. The number of nitrogens with zero attached hydrogens (tertiary/aromatic N) is 2. The van der Waals surface area contributed by atoms with Crippen molar-refractivity contribution in [2.45, 2.75) is 26.7 Å². The molecule has 0 fully saturated rings. The molecule has 0 radical (unpaired) electrons. The van der Waals surface area contributed by atoms with Gasteiger partial charge in [-0.05, 0) is 19.1 Å². The summed E-state index contributed by atoms with van der Waals surface area (Å²) in [6, 6.07) is 4.12. The van der Waals surface area contributed by atoms with Gasteiger partial charge in [0.2, 0.25) is 0 Å². The zero-order valence-electron chi connectivity index (χ0n) is 9.70. The van der Waals surface area contributed by atoms with Crippen LogP contribution in [0.2, 0.25) is 0 Å². The smallest absolute Gasteiger partial charge is 0.116 e. The molecule has 0 atom stereocenters. The van der Waals surface area contributed by atoms with E-state index in [0.717, 1.165) is 17.2 Å². The number of hydrogen-bond acceptors (Lipinski definition) is 2. The molecule has 2 rings (SSSR count). The Morgan fingerprint density at radius 1 is 1.40 bits per heavy atom. The van der Waals surface area contributed by atoms with Gasteiger partial charge in [-0.15, -0.1) is 0 Å². The predicted molar refractivity (Wildman–Crippen MR) is 63.6 cm³/mol. The number of anilines is 1. The van der Waals surface area contributed by atoms with Crippen LogP contribution in [0.15, 0.2) is 18.3 Å². The number of nitrogens with one attached hydrogen (secondary N) is 1. The number of hydrogen-bond donors (Lipinski definition) is 1. The lowest BCUT2D eigenvalue weighted by molar-refractivity contribution is 0.768. The number of imidazole rings is 1. The maximum absolute atomic E-state index is 4.62. The van der Waals surface area contributed by atoms with Gasteiger partial charge < -0.3 is 9.72 Å². The van der Waals surface area contributed by atoms with Crippen molar-refractivity contribution in [2.24, 2.45) is 0 Å². The topological polar surface area (TPSA) is 29.3 Å². The minimum Gasteiger partial charge on any atom is -0.386 e. The molecule has 80 valence electrons. The predicted octanol–water partition coefficient (Wildman–Crippen LogP) is 2.81. The molecule has 2 aromatic rings. The molecule has 0 bridgehead atoms. The van der Waals surface area contributed by atoms with Crippen molar-refractivity contribution in [3.8, 4) is 0 Å². The molecule has 0 aliphatic heterocycles. The number of pyridine rings is 1. The lowest BCUT2D eigenvalue weighted by Crippen LogP contribution is -1.98. The Labute approximate surface area is 90.1 Å². The van der Waals surface area contributed by atoms with E-state index in [1.165, 1.54) is 5.52 Å². The number of aromatic nitrogens is 2. The van der Waals surface area contributed by atoms with Gasteiger partial charge in [-0.2, -0.15) is 0 Å². The van der Waals surface area contributed by atoms with E-state index in [-0.39, 0.29) is 0 Å². The minimum absolute atomic E-state index is 0.443. The van der Waals surface area contributed by atoms with Crippen molar-refractivity contribution in [3.63, 3.8) is 0 Å². The van der Waals surface area contributed by atoms with Crippen molar-refractivity contribution in [1.82, 2.24) is 9.38 Å². The van der Waals surface area contributed by atoms with E-state index in [1.807, 2.05) is 13.1 Å². The van der Waals surface area contributed by atoms with E-state index in [1.54, 1.807) is 0 Å². The highest BCUT2D eigenvalue weighted by Gasteiger charge is 2.12. The van der Waals surface area contributed by atoms with E-state index in [2.05, 4.69) is 47.7 Å². The molecular weight excluding hydrogens is 186 g/mol. The summed E-state index contributed by atoms with van der Waals surface area (Å²) in [4.78, 5) is 4.62. The SMILES string of the molecule is CNc1cccn2c(C(C)C)nc(C)c12. The largest absolute Gasteiger partial charge is 0.386 e. The first kappa shape index (κ1) is 10.0. The van der Waals surface area contributed by atoms with E-state index < -0.39 is 0 Å². The average molecular weight is 203 g/mol. The molecule has 15 heavy (non-hydrogen) atoms. The second-order valence-electron chi connectivity index (χ2n) is 4.10. The quantitative estimate of drug-likeness (QED) is 0.813. The van der Waals surface area contributed by atoms with Crippen LogP contribution in [0.4, 0.5) is 5.69 Å². The van der Waals surface area contributed by atoms with Crippen molar-refractivity contribution < 1.29 is 0 Å². The monoisotopic (exact) mass is 203 g/mol. The van der Waals surface area contributed by atoms with Crippen LogP contribution in [0.3, 0.4) is 0 Å². The Kier molecular flexibility index (Phi) is 2.39. The first-order valence-corrected chi connectivity index (χ1v) is 5.30. The molecule has 2 heterocycles. The van der Waals surface area contributed by atoms with Gasteiger partial charge in [0, 0.05) is 19.2 Å². The molecule has 0 aliphatic carbocycles.